The molecule has 3 aromatic rings. The maximum absolute atomic E-state index is 12.4. The van der Waals surface area contributed by atoms with Crippen LogP contribution in [-0.2, 0) is 11.3 Å². The van der Waals surface area contributed by atoms with Gasteiger partial charge in [-0.15, -0.1) is 0 Å². The van der Waals surface area contributed by atoms with E-state index in [-0.39, 0.29) is 11.5 Å². The van der Waals surface area contributed by atoms with Gasteiger partial charge in [-0.25, -0.2) is 0 Å². The van der Waals surface area contributed by atoms with Gasteiger partial charge in [-0.1, -0.05) is 30.3 Å². The SMILES string of the molecule is O=C(NCc1ccc(N2CCCC2=O)cc1)c1cc2ccccc2[nH]c1=O. The molecule has 2 amide bonds. The van der Waals surface area contributed by atoms with Crippen LogP contribution in [0.5, 0.6) is 0 Å². The number of fused-ring (bicyclic) bond motifs is 1. The van der Waals surface area contributed by atoms with Crippen LogP contribution in [0.4, 0.5) is 5.69 Å². The largest absolute Gasteiger partial charge is 0.348 e. The number of amides is 2. The Labute approximate surface area is 155 Å². The lowest BCUT2D eigenvalue weighted by molar-refractivity contribution is -0.117. The van der Waals surface area contributed by atoms with Crippen LogP contribution in [0.1, 0.15) is 28.8 Å². The normalized spacial score (nSPS) is 13.9. The van der Waals surface area contributed by atoms with Crippen LogP contribution in [0.25, 0.3) is 10.9 Å². The minimum atomic E-state index is -0.416. The first-order valence-electron chi connectivity index (χ1n) is 8.91. The predicted octanol–water partition coefficient (Wildman–Crippen LogP) is 2.58. The maximum atomic E-state index is 12.4. The zero-order chi connectivity index (χ0) is 18.8. The number of carbonyl (C=O) groups is 2. The minimum absolute atomic E-state index is 0.0907. The van der Waals surface area contributed by atoms with Crippen molar-refractivity contribution in [2.45, 2.75) is 19.4 Å². The minimum Gasteiger partial charge on any atom is -0.348 e. The zero-order valence-corrected chi connectivity index (χ0v) is 14.7. The van der Waals surface area contributed by atoms with E-state index in [0.29, 0.717) is 18.5 Å². The van der Waals surface area contributed by atoms with Gasteiger partial charge in [-0.05, 0) is 41.6 Å². The molecule has 27 heavy (non-hydrogen) atoms. The fraction of sp³-hybridized carbons (Fsp3) is 0.190. The van der Waals surface area contributed by atoms with Gasteiger partial charge in [0.05, 0.1) is 0 Å². The Hall–Kier alpha value is -3.41. The number of nitrogens with one attached hydrogen (secondary N) is 2. The van der Waals surface area contributed by atoms with Gasteiger partial charge < -0.3 is 15.2 Å². The molecule has 0 aliphatic carbocycles. The summed E-state index contributed by atoms with van der Waals surface area (Å²) in [5.74, 6) is -0.271. The molecule has 0 unspecified atom stereocenters. The van der Waals surface area contributed by atoms with E-state index >= 15 is 0 Å². The molecule has 4 rings (SSSR count). The van der Waals surface area contributed by atoms with E-state index in [1.54, 1.807) is 17.0 Å². The van der Waals surface area contributed by atoms with Crippen molar-refractivity contribution >= 4 is 28.4 Å². The number of aromatic nitrogens is 1. The molecule has 1 fully saturated rings. The first-order valence-corrected chi connectivity index (χ1v) is 8.91. The maximum Gasteiger partial charge on any atom is 0.261 e. The molecule has 1 aliphatic rings. The summed E-state index contributed by atoms with van der Waals surface area (Å²) in [6.45, 7) is 1.05. The third-order valence-electron chi connectivity index (χ3n) is 4.77. The van der Waals surface area contributed by atoms with Crippen molar-refractivity contribution in [2.24, 2.45) is 0 Å². The van der Waals surface area contributed by atoms with E-state index < -0.39 is 11.5 Å². The van der Waals surface area contributed by atoms with Crippen LogP contribution in [-0.4, -0.2) is 23.3 Å². The Balaban J connectivity index is 1.45. The summed E-state index contributed by atoms with van der Waals surface area (Å²) < 4.78 is 0. The lowest BCUT2D eigenvalue weighted by atomic mass is 10.1. The monoisotopic (exact) mass is 361 g/mol. The van der Waals surface area contributed by atoms with Crippen molar-refractivity contribution in [1.29, 1.82) is 0 Å². The van der Waals surface area contributed by atoms with Crippen molar-refractivity contribution < 1.29 is 9.59 Å². The summed E-state index contributed by atoms with van der Waals surface area (Å²) in [7, 11) is 0. The van der Waals surface area contributed by atoms with E-state index in [1.807, 2.05) is 42.5 Å². The van der Waals surface area contributed by atoms with Crippen LogP contribution in [0.3, 0.4) is 0 Å². The second kappa shape index (κ2) is 7.07. The van der Waals surface area contributed by atoms with Gasteiger partial charge in [0.1, 0.15) is 5.56 Å². The Kier molecular flexibility index (Phi) is 4.46. The van der Waals surface area contributed by atoms with Gasteiger partial charge >= 0.3 is 0 Å². The van der Waals surface area contributed by atoms with E-state index in [1.165, 1.54) is 0 Å². The molecule has 6 heteroatoms. The van der Waals surface area contributed by atoms with E-state index in [0.717, 1.165) is 29.6 Å². The molecular formula is C21H19N3O3. The molecule has 2 aromatic carbocycles. The molecule has 136 valence electrons. The highest BCUT2D eigenvalue weighted by Crippen LogP contribution is 2.21. The number of pyridine rings is 1. The molecule has 2 heterocycles. The average Bonchev–Trinajstić information content (AvgIpc) is 3.12. The molecule has 0 radical (unpaired) electrons. The standard InChI is InChI=1S/C21H19N3O3/c25-19-6-3-11-24(19)16-9-7-14(8-10-16)13-22-20(26)17-12-15-4-1-2-5-18(15)23-21(17)27/h1-2,4-5,7-10,12H,3,6,11,13H2,(H,22,26)(H,23,27). The Morgan fingerprint density at radius 1 is 1.07 bits per heavy atom. The average molecular weight is 361 g/mol. The number of para-hydroxylation sites is 1. The summed E-state index contributed by atoms with van der Waals surface area (Å²) in [6, 6.07) is 16.5. The van der Waals surface area contributed by atoms with Crippen molar-refractivity contribution in [3.8, 4) is 0 Å². The van der Waals surface area contributed by atoms with Gasteiger partial charge in [-0.2, -0.15) is 0 Å². The van der Waals surface area contributed by atoms with Crippen LogP contribution in [0.15, 0.2) is 59.4 Å². The van der Waals surface area contributed by atoms with Crippen LogP contribution in [0.2, 0.25) is 0 Å². The summed E-state index contributed by atoms with van der Waals surface area (Å²) in [6.07, 6.45) is 1.48. The molecule has 0 atom stereocenters. The molecule has 0 bridgehead atoms. The smallest absolute Gasteiger partial charge is 0.261 e. The van der Waals surface area contributed by atoms with Crippen molar-refractivity contribution in [1.82, 2.24) is 10.3 Å². The fourth-order valence-electron chi connectivity index (χ4n) is 3.31. The zero-order valence-electron chi connectivity index (χ0n) is 14.7. The number of hydrogen-bond donors (Lipinski definition) is 2. The quantitative estimate of drug-likeness (QED) is 0.749. The predicted molar refractivity (Wildman–Crippen MR) is 104 cm³/mol. The number of carbonyl (C=O) groups excluding carboxylic acids is 2. The number of nitrogens with zero attached hydrogens (tertiary/aromatic N) is 1. The van der Waals surface area contributed by atoms with Gasteiger partial charge in [-0.3, -0.25) is 14.4 Å². The topological polar surface area (TPSA) is 82.3 Å². The summed E-state index contributed by atoms with van der Waals surface area (Å²) in [5.41, 5.74) is 2.16. The lowest BCUT2D eigenvalue weighted by Crippen LogP contribution is -2.29. The highest BCUT2D eigenvalue weighted by atomic mass is 16.2. The lowest BCUT2D eigenvalue weighted by Gasteiger charge is -2.16. The molecule has 0 spiro atoms. The third kappa shape index (κ3) is 3.46. The molecular weight excluding hydrogens is 342 g/mol. The molecule has 1 aliphatic heterocycles. The van der Waals surface area contributed by atoms with Crippen molar-refractivity contribution in [3.63, 3.8) is 0 Å². The Bertz CT molecular complexity index is 1070. The second-order valence-electron chi connectivity index (χ2n) is 6.60. The molecule has 0 saturated carbocycles. The number of anilines is 1. The van der Waals surface area contributed by atoms with E-state index in [9.17, 15) is 14.4 Å². The number of H-pyrrole nitrogens is 1. The van der Waals surface area contributed by atoms with Gasteiger partial charge in [0.15, 0.2) is 0 Å². The van der Waals surface area contributed by atoms with Crippen LogP contribution < -0.4 is 15.8 Å². The highest BCUT2D eigenvalue weighted by molar-refractivity contribution is 5.97. The first kappa shape index (κ1) is 17.0. The summed E-state index contributed by atoms with van der Waals surface area (Å²) in [5, 5.41) is 3.59. The Morgan fingerprint density at radius 2 is 1.85 bits per heavy atom. The number of benzene rings is 2. The van der Waals surface area contributed by atoms with E-state index in [4.69, 9.17) is 0 Å². The van der Waals surface area contributed by atoms with E-state index in [2.05, 4.69) is 10.3 Å². The number of hydrogen-bond acceptors (Lipinski definition) is 3. The van der Waals surface area contributed by atoms with Gasteiger partial charge in [0.25, 0.3) is 11.5 Å². The van der Waals surface area contributed by atoms with Crippen molar-refractivity contribution in [2.75, 3.05) is 11.4 Å². The molecule has 1 aromatic heterocycles. The number of rotatable bonds is 4. The fourth-order valence-corrected chi connectivity index (χ4v) is 3.31. The second-order valence-corrected chi connectivity index (χ2v) is 6.60. The van der Waals surface area contributed by atoms with Gasteiger partial charge in [0, 0.05) is 30.7 Å². The van der Waals surface area contributed by atoms with Crippen molar-refractivity contribution in [3.05, 3.63) is 76.1 Å². The number of aromatic amines is 1. The first-order chi connectivity index (χ1) is 13.1. The van der Waals surface area contributed by atoms with Crippen LogP contribution >= 0.6 is 0 Å². The highest BCUT2D eigenvalue weighted by Gasteiger charge is 2.21. The third-order valence-corrected chi connectivity index (χ3v) is 4.77. The van der Waals surface area contributed by atoms with Crippen LogP contribution in [0, 0.1) is 0 Å². The summed E-state index contributed by atoms with van der Waals surface area (Å²) >= 11 is 0. The molecule has 6 nitrogen and oxygen atoms in total. The Morgan fingerprint density at radius 3 is 2.59 bits per heavy atom. The molecule has 1 saturated heterocycles. The molecule has 2 N–H and O–H groups in total. The van der Waals surface area contributed by atoms with Gasteiger partial charge in [0.2, 0.25) is 5.91 Å². The summed E-state index contributed by atoms with van der Waals surface area (Å²) in [4.78, 5) is 40.9.